The molecule has 0 aliphatic rings. The number of carbonyl (C=O) groups is 2. The Labute approximate surface area is 139 Å². The molecule has 2 aromatic carbocycles. The molecule has 0 saturated carbocycles. The predicted molar refractivity (Wildman–Crippen MR) is 89.5 cm³/mol. The Balaban J connectivity index is 1.81. The minimum absolute atomic E-state index is 0.334. The first-order valence-electron chi connectivity index (χ1n) is 7.48. The highest BCUT2D eigenvalue weighted by molar-refractivity contribution is 6.39. The van der Waals surface area contributed by atoms with E-state index in [4.69, 9.17) is 4.74 Å². The Morgan fingerprint density at radius 3 is 2.42 bits per heavy atom. The van der Waals surface area contributed by atoms with E-state index in [-0.39, 0.29) is 0 Å². The summed E-state index contributed by atoms with van der Waals surface area (Å²) in [6.07, 6.45) is 0.596. The van der Waals surface area contributed by atoms with Crippen LogP contribution < -0.4 is 15.4 Å². The van der Waals surface area contributed by atoms with Gasteiger partial charge in [-0.3, -0.25) is 9.59 Å². The third-order valence-electron chi connectivity index (χ3n) is 3.50. The van der Waals surface area contributed by atoms with Crippen LogP contribution in [0.15, 0.2) is 42.5 Å². The molecule has 0 atom stereocenters. The maximum Gasteiger partial charge on any atom is 0.313 e. The van der Waals surface area contributed by atoms with Crippen molar-refractivity contribution in [3.05, 3.63) is 59.4 Å². The zero-order valence-electron chi connectivity index (χ0n) is 13.6. The zero-order valence-corrected chi connectivity index (χ0v) is 13.6. The molecule has 126 valence electrons. The highest BCUT2D eigenvalue weighted by atomic mass is 19.1. The number of ether oxygens (including phenoxy) is 1. The van der Waals surface area contributed by atoms with Gasteiger partial charge in [-0.25, -0.2) is 4.39 Å². The first kappa shape index (κ1) is 17.5. The van der Waals surface area contributed by atoms with Crippen molar-refractivity contribution < 1.29 is 18.7 Å². The topological polar surface area (TPSA) is 67.4 Å². The quantitative estimate of drug-likeness (QED) is 0.828. The van der Waals surface area contributed by atoms with Gasteiger partial charge in [0, 0.05) is 12.2 Å². The number of amides is 2. The summed E-state index contributed by atoms with van der Waals surface area (Å²) in [6, 6.07) is 11.4. The van der Waals surface area contributed by atoms with Crippen LogP contribution in [0.5, 0.6) is 5.75 Å². The summed E-state index contributed by atoms with van der Waals surface area (Å²) in [5.74, 6) is -1.14. The monoisotopic (exact) mass is 330 g/mol. The first-order valence-corrected chi connectivity index (χ1v) is 7.48. The average Bonchev–Trinajstić information content (AvgIpc) is 2.57. The highest BCUT2D eigenvalue weighted by Crippen LogP contribution is 2.15. The van der Waals surface area contributed by atoms with Gasteiger partial charge in [-0.2, -0.15) is 0 Å². The standard InChI is InChI=1S/C18H19FN2O3/c1-12-11-14(19)5-8-16(12)21-18(23)17(22)20-10-9-13-3-6-15(24-2)7-4-13/h3-8,11H,9-10H2,1-2H3,(H,20,22)(H,21,23). The third kappa shape index (κ3) is 4.81. The van der Waals surface area contributed by atoms with Gasteiger partial charge in [0.2, 0.25) is 0 Å². The van der Waals surface area contributed by atoms with Crippen LogP contribution >= 0.6 is 0 Å². The second-order valence-corrected chi connectivity index (χ2v) is 5.27. The van der Waals surface area contributed by atoms with Gasteiger partial charge in [-0.05, 0) is 54.8 Å². The van der Waals surface area contributed by atoms with Gasteiger partial charge >= 0.3 is 11.8 Å². The first-order chi connectivity index (χ1) is 11.5. The zero-order chi connectivity index (χ0) is 17.5. The summed E-state index contributed by atoms with van der Waals surface area (Å²) in [6.45, 7) is 1.99. The van der Waals surface area contributed by atoms with Crippen LogP contribution in [0.3, 0.4) is 0 Å². The predicted octanol–water partition coefficient (Wildman–Crippen LogP) is 2.44. The van der Waals surface area contributed by atoms with Gasteiger partial charge in [-0.15, -0.1) is 0 Å². The number of benzene rings is 2. The molecule has 0 aliphatic carbocycles. The molecule has 0 aliphatic heterocycles. The normalized spacial score (nSPS) is 10.1. The molecule has 2 amide bonds. The van der Waals surface area contributed by atoms with E-state index in [1.165, 1.54) is 18.2 Å². The fourth-order valence-electron chi connectivity index (χ4n) is 2.14. The number of hydrogen-bond acceptors (Lipinski definition) is 3. The number of halogens is 1. The molecule has 0 bridgehead atoms. The highest BCUT2D eigenvalue weighted by Gasteiger charge is 2.14. The molecule has 0 spiro atoms. The largest absolute Gasteiger partial charge is 0.497 e. The van der Waals surface area contributed by atoms with Gasteiger partial charge in [0.25, 0.3) is 0 Å². The van der Waals surface area contributed by atoms with Crippen molar-refractivity contribution in [1.82, 2.24) is 5.32 Å². The summed E-state index contributed by atoms with van der Waals surface area (Å²) in [7, 11) is 1.59. The lowest BCUT2D eigenvalue weighted by Gasteiger charge is -2.09. The number of methoxy groups -OCH3 is 1. The van der Waals surface area contributed by atoms with Crippen LogP contribution in [0.4, 0.5) is 10.1 Å². The Morgan fingerprint density at radius 2 is 1.79 bits per heavy atom. The van der Waals surface area contributed by atoms with E-state index in [2.05, 4.69) is 10.6 Å². The SMILES string of the molecule is COc1ccc(CCNC(=O)C(=O)Nc2ccc(F)cc2C)cc1. The van der Waals surface area contributed by atoms with Crippen LogP contribution in [0.25, 0.3) is 0 Å². The summed E-state index contributed by atoms with van der Waals surface area (Å²) < 4.78 is 18.1. The number of nitrogens with one attached hydrogen (secondary N) is 2. The molecule has 0 radical (unpaired) electrons. The van der Waals surface area contributed by atoms with E-state index in [1.807, 2.05) is 24.3 Å². The molecule has 0 aromatic heterocycles. The number of rotatable bonds is 5. The summed E-state index contributed by atoms with van der Waals surface area (Å²) in [5, 5.41) is 5.02. The summed E-state index contributed by atoms with van der Waals surface area (Å²) in [4.78, 5) is 23.6. The second-order valence-electron chi connectivity index (χ2n) is 5.27. The molecule has 5 nitrogen and oxygen atoms in total. The molecule has 2 rings (SSSR count). The minimum Gasteiger partial charge on any atom is -0.497 e. The fraction of sp³-hybridized carbons (Fsp3) is 0.222. The van der Waals surface area contributed by atoms with Gasteiger partial charge in [0.15, 0.2) is 0 Å². The number of anilines is 1. The van der Waals surface area contributed by atoms with Crippen LogP contribution in [-0.4, -0.2) is 25.5 Å². The molecule has 6 heteroatoms. The Hall–Kier alpha value is -2.89. The molecular weight excluding hydrogens is 311 g/mol. The molecule has 0 unspecified atom stereocenters. The summed E-state index contributed by atoms with van der Waals surface area (Å²) in [5.41, 5.74) is 1.98. The van der Waals surface area contributed by atoms with Crippen LogP contribution in [0.2, 0.25) is 0 Å². The van der Waals surface area contributed by atoms with Crippen molar-refractivity contribution in [2.45, 2.75) is 13.3 Å². The van der Waals surface area contributed by atoms with Crippen LogP contribution in [-0.2, 0) is 16.0 Å². The molecule has 0 fully saturated rings. The van der Waals surface area contributed by atoms with Crippen molar-refractivity contribution in [3.8, 4) is 5.75 Å². The third-order valence-corrected chi connectivity index (χ3v) is 3.50. The Kier molecular flexibility index (Phi) is 5.89. The van der Waals surface area contributed by atoms with E-state index in [0.29, 0.717) is 24.2 Å². The molecule has 0 saturated heterocycles. The van der Waals surface area contributed by atoms with E-state index in [9.17, 15) is 14.0 Å². The van der Waals surface area contributed by atoms with E-state index >= 15 is 0 Å². The summed E-state index contributed by atoms with van der Waals surface area (Å²) >= 11 is 0. The Bertz CT molecular complexity index is 730. The fourth-order valence-corrected chi connectivity index (χ4v) is 2.14. The van der Waals surface area contributed by atoms with Crippen molar-refractivity contribution in [1.29, 1.82) is 0 Å². The van der Waals surface area contributed by atoms with E-state index in [0.717, 1.165) is 11.3 Å². The number of hydrogen-bond donors (Lipinski definition) is 2. The molecular formula is C18H19FN2O3. The molecule has 0 heterocycles. The maximum absolute atomic E-state index is 13.0. The van der Waals surface area contributed by atoms with Gasteiger partial charge in [0.1, 0.15) is 11.6 Å². The second kappa shape index (κ2) is 8.10. The van der Waals surface area contributed by atoms with Crippen molar-refractivity contribution in [2.75, 3.05) is 19.0 Å². The van der Waals surface area contributed by atoms with E-state index in [1.54, 1.807) is 14.0 Å². The minimum atomic E-state index is -0.778. The van der Waals surface area contributed by atoms with Gasteiger partial charge in [-0.1, -0.05) is 12.1 Å². The van der Waals surface area contributed by atoms with E-state index < -0.39 is 17.6 Å². The molecule has 2 aromatic rings. The van der Waals surface area contributed by atoms with Crippen LogP contribution in [0.1, 0.15) is 11.1 Å². The van der Waals surface area contributed by atoms with Crippen molar-refractivity contribution in [2.24, 2.45) is 0 Å². The molecule has 24 heavy (non-hydrogen) atoms. The number of carbonyl (C=O) groups excluding carboxylic acids is 2. The lowest BCUT2D eigenvalue weighted by Crippen LogP contribution is -2.36. The van der Waals surface area contributed by atoms with Crippen LogP contribution in [0, 0.1) is 12.7 Å². The molecule has 2 N–H and O–H groups in total. The van der Waals surface area contributed by atoms with Crippen molar-refractivity contribution >= 4 is 17.5 Å². The lowest BCUT2D eigenvalue weighted by atomic mass is 10.1. The lowest BCUT2D eigenvalue weighted by molar-refractivity contribution is -0.136. The van der Waals surface area contributed by atoms with Gasteiger partial charge < -0.3 is 15.4 Å². The maximum atomic E-state index is 13.0. The average molecular weight is 330 g/mol. The Morgan fingerprint density at radius 1 is 1.08 bits per heavy atom. The smallest absolute Gasteiger partial charge is 0.313 e. The number of aryl methyl sites for hydroxylation is 1. The van der Waals surface area contributed by atoms with Gasteiger partial charge in [0.05, 0.1) is 7.11 Å². The van der Waals surface area contributed by atoms with Crippen molar-refractivity contribution in [3.63, 3.8) is 0 Å².